The topological polar surface area (TPSA) is 51.2 Å². The molecule has 0 atom stereocenters. The van der Waals surface area contributed by atoms with E-state index in [1.54, 1.807) is 0 Å². The lowest BCUT2D eigenvalue weighted by Gasteiger charge is -2.05. The van der Waals surface area contributed by atoms with Crippen molar-refractivity contribution in [2.75, 3.05) is 12.0 Å². The molecule has 2 rings (SSSR count). The number of hydrogen-bond acceptors (Lipinski definition) is 3. The third-order valence-electron chi connectivity index (χ3n) is 3.02. The number of sulfone groups is 1. The minimum Gasteiger partial charge on any atom is -0.299 e. The van der Waals surface area contributed by atoms with Gasteiger partial charge in [-0.3, -0.25) is 4.79 Å². The maximum atomic E-state index is 11.8. The lowest BCUT2D eigenvalue weighted by Crippen LogP contribution is -2.11. The summed E-state index contributed by atoms with van der Waals surface area (Å²) in [4.78, 5) is 11.8. The molecule has 19 heavy (non-hydrogen) atoms. The van der Waals surface area contributed by atoms with Gasteiger partial charge in [0.05, 0.1) is 5.75 Å². The first-order chi connectivity index (χ1) is 8.96. The minimum atomic E-state index is -3.07. The SMILES string of the molecule is CS(=O)(=O)CCC(=O)Cc1cccc2ccccc12. The van der Waals surface area contributed by atoms with Crippen LogP contribution in [-0.2, 0) is 21.1 Å². The molecule has 0 saturated carbocycles. The van der Waals surface area contributed by atoms with Gasteiger partial charge in [-0.1, -0.05) is 42.5 Å². The van der Waals surface area contributed by atoms with Crippen molar-refractivity contribution >= 4 is 26.4 Å². The van der Waals surface area contributed by atoms with Gasteiger partial charge in [0.15, 0.2) is 0 Å². The Morgan fingerprint density at radius 2 is 1.74 bits per heavy atom. The van der Waals surface area contributed by atoms with Crippen molar-refractivity contribution in [3.05, 3.63) is 48.0 Å². The summed E-state index contributed by atoms with van der Waals surface area (Å²) in [7, 11) is -3.07. The van der Waals surface area contributed by atoms with Crippen LogP contribution in [0.3, 0.4) is 0 Å². The van der Waals surface area contributed by atoms with E-state index in [9.17, 15) is 13.2 Å². The van der Waals surface area contributed by atoms with Crippen LogP contribution in [0.15, 0.2) is 42.5 Å². The third-order valence-corrected chi connectivity index (χ3v) is 3.96. The molecule has 0 amide bonds. The average molecular weight is 276 g/mol. The van der Waals surface area contributed by atoms with Gasteiger partial charge in [0, 0.05) is 19.1 Å². The van der Waals surface area contributed by atoms with Gasteiger partial charge in [-0.2, -0.15) is 0 Å². The second-order valence-electron chi connectivity index (χ2n) is 4.73. The summed E-state index contributed by atoms with van der Waals surface area (Å²) < 4.78 is 22.1. The van der Waals surface area contributed by atoms with Gasteiger partial charge in [0.25, 0.3) is 0 Å². The number of hydrogen-bond donors (Lipinski definition) is 0. The smallest absolute Gasteiger partial charge is 0.147 e. The number of rotatable bonds is 5. The van der Waals surface area contributed by atoms with E-state index in [2.05, 4.69) is 0 Å². The van der Waals surface area contributed by atoms with Gasteiger partial charge in [-0.25, -0.2) is 8.42 Å². The summed E-state index contributed by atoms with van der Waals surface area (Å²) in [5.74, 6) is -0.113. The van der Waals surface area contributed by atoms with E-state index in [1.165, 1.54) is 0 Å². The van der Waals surface area contributed by atoms with E-state index in [0.717, 1.165) is 22.6 Å². The summed E-state index contributed by atoms with van der Waals surface area (Å²) in [6.07, 6.45) is 1.52. The molecule has 0 aromatic heterocycles. The molecule has 3 nitrogen and oxygen atoms in total. The standard InChI is InChI=1S/C15H16O3S/c1-19(17,18)10-9-14(16)11-13-7-4-6-12-5-2-3-8-15(12)13/h2-8H,9-11H2,1H3. The summed E-state index contributed by atoms with van der Waals surface area (Å²) in [5, 5.41) is 2.15. The third kappa shape index (κ3) is 3.89. The molecule has 0 saturated heterocycles. The zero-order valence-electron chi connectivity index (χ0n) is 10.8. The molecule has 2 aromatic rings. The van der Waals surface area contributed by atoms with Crippen molar-refractivity contribution in [3.8, 4) is 0 Å². The highest BCUT2D eigenvalue weighted by Gasteiger charge is 2.10. The highest BCUT2D eigenvalue weighted by Crippen LogP contribution is 2.19. The molecule has 0 aliphatic rings. The second-order valence-corrected chi connectivity index (χ2v) is 6.99. The predicted molar refractivity (Wildman–Crippen MR) is 77.0 cm³/mol. The normalized spacial score (nSPS) is 11.6. The fraction of sp³-hybridized carbons (Fsp3) is 0.267. The minimum absolute atomic E-state index is 0.0400. The Morgan fingerprint density at radius 3 is 2.47 bits per heavy atom. The van der Waals surface area contributed by atoms with E-state index in [4.69, 9.17) is 0 Å². The predicted octanol–water partition coefficient (Wildman–Crippen LogP) is 2.39. The first-order valence-electron chi connectivity index (χ1n) is 6.12. The van der Waals surface area contributed by atoms with Crippen LogP contribution < -0.4 is 0 Å². The molecule has 4 heteroatoms. The van der Waals surface area contributed by atoms with Gasteiger partial charge in [0.1, 0.15) is 15.6 Å². The van der Waals surface area contributed by atoms with Crippen LogP contribution in [-0.4, -0.2) is 26.2 Å². The van der Waals surface area contributed by atoms with Gasteiger partial charge >= 0.3 is 0 Å². The molecule has 0 N–H and O–H groups in total. The Kier molecular flexibility index (Phi) is 4.00. The number of ketones is 1. The van der Waals surface area contributed by atoms with Crippen LogP contribution in [0, 0.1) is 0 Å². The summed E-state index contributed by atoms with van der Waals surface area (Å²) >= 11 is 0. The van der Waals surface area contributed by atoms with Gasteiger partial charge < -0.3 is 0 Å². The highest BCUT2D eigenvalue weighted by molar-refractivity contribution is 7.90. The zero-order valence-corrected chi connectivity index (χ0v) is 11.6. The summed E-state index contributed by atoms with van der Waals surface area (Å²) in [6, 6.07) is 13.7. The van der Waals surface area contributed by atoms with E-state index in [1.807, 2.05) is 42.5 Å². The van der Waals surface area contributed by atoms with Crippen molar-refractivity contribution in [1.82, 2.24) is 0 Å². The molecule has 0 radical (unpaired) electrons. The fourth-order valence-electron chi connectivity index (χ4n) is 2.05. The Balaban J connectivity index is 2.15. The largest absolute Gasteiger partial charge is 0.299 e. The number of fused-ring (bicyclic) bond motifs is 1. The second kappa shape index (κ2) is 5.53. The summed E-state index contributed by atoms with van der Waals surface area (Å²) in [6.45, 7) is 0. The van der Waals surface area contributed by atoms with Crippen molar-refractivity contribution in [2.45, 2.75) is 12.8 Å². The van der Waals surface area contributed by atoms with Gasteiger partial charge in [-0.15, -0.1) is 0 Å². The first kappa shape index (κ1) is 13.7. The van der Waals surface area contributed by atoms with E-state index in [-0.39, 0.29) is 24.4 Å². The van der Waals surface area contributed by atoms with E-state index < -0.39 is 9.84 Å². The van der Waals surface area contributed by atoms with Crippen LogP contribution in [0.25, 0.3) is 10.8 Å². The van der Waals surface area contributed by atoms with Crippen LogP contribution >= 0.6 is 0 Å². The van der Waals surface area contributed by atoms with Crippen molar-refractivity contribution < 1.29 is 13.2 Å². The molecule has 0 fully saturated rings. The highest BCUT2D eigenvalue weighted by atomic mass is 32.2. The molecule has 0 unspecified atom stereocenters. The molecule has 0 heterocycles. The maximum Gasteiger partial charge on any atom is 0.147 e. The van der Waals surface area contributed by atoms with Crippen LogP contribution in [0.4, 0.5) is 0 Å². The maximum absolute atomic E-state index is 11.8. The zero-order chi connectivity index (χ0) is 13.9. The molecule has 0 spiro atoms. The quantitative estimate of drug-likeness (QED) is 0.842. The molecule has 0 aliphatic carbocycles. The molecular weight excluding hydrogens is 260 g/mol. The number of benzene rings is 2. The summed E-state index contributed by atoms with van der Waals surface area (Å²) in [5.41, 5.74) is 0.955. The van der Waals surface area contributed by atoms with Crippen LogP contribution in [0.1, 0.15) is 12.0 Å². The lowest BCUT2D eigenvalue weighted by molar-refractivity contribution is -0.118. The van der Waals surface area contributed by atoms with Gasteiger partial charge in [0.2, 0.25) is 0 Å². The fourth-order valence-corrected chi connectivity index (χ4v) is 2.65. The number of carbonyl (C=O) groups excluding carboxylic acids is 1. The van der Waals surface area contributed by atoms with E-state index in [0.29, 0.717) is 0 Å². The van der Waals surface area contributed by atoms with E-state index >= 15 is 0 Å². The van der Waals surface area contributed by atoms with Crippen LogP contribution in [0.2, 0.25) is 0 Å². The lowest BCUT2D eigenvalue weighted by atomic mass is 10.00. The first-order valence-corrected chi connectivity index (χ1v) is 8.18. The number of carbonyl (C=O) groups is 1. The molecule has 0 bridgehead atoms. The Hall–Kier alpha value is -1.68. The monoisotopic (exact) mass is 276 g/mol. The van der Waals surface area contributed by atoms with Crippen molar-refractivity contribution in [1.29, 1.82) is 0 Å². The average Bonchev–Trinajstić information content (AvgIpc) is 2.36. The molecule has 2 aromatic carbocycles. The Labute approximate surface area is 113 Å². The molecule has 0 aliphatic heterocycles. The molecular formula is C15H16O3S. The molecule has 100 valence electrons. The van der Waals surface area contributed by atoms with Crippen LogP contribution in [0.5, 0.6) is 0 Å². The number of Topliss-reactive ketones (excluding diaryl/α,β-unsaturated/α-hetero) is 1. The Bertz CT molecular complexity index is 697. The Morgan fingerprint density at radius 1 is 1.05 bits per heavy atom. The van der Waals surface area contributed by atoms with Crippen molar-refractivity contribution in [2.24, 2.45) is 0 Å². The van der Waals surface area contributed by atoms with Crippen molar-refractivity contribution in [3.63, 3.8) is 0 Å². The van der Waals surface area contributed by atoms with Gasteiger partial charge in [-0.05, 0) is 16.3 Å².